The van der Waals surface area contributed by atoms with Crippen LogP contribution in [0.3, 0.4) is 0 Å². The number of hydrogen-bond acceptors (Lipinski definition) is 2. The molecule has 0 aliphatic rings. The first-order valence-electron chi connectivity index (χ1n) is 11.6. The molecular formula is C28H39IO2. The topological polar surface area (TPSA) is 40.5 Å². The summed E-state index contributed by atoms with van der Waals surface area (Å²) in [6.45, 7) is 12.8. The molecular weight excluding hydrogens is 495 g/mol. The lowest BCUT2D eigenvalue weighted by Gasteiger charge is -2.38. The number of aromatic hydroxyl groups is 1. The van der Waals surface area contributed by atoms with E-state index in [1.807, 2.05) is 26.0 Å². The Morgan fingerprint density at radius 1 is 0.968 bits per heavy atom. The van der Waals surface area contributed by atoms with Crippen LogP contribution in [0.25, 0.3) is 6.08 Å². The van der Waals surface area contributed by atoms with E-state index in [-0.39, 0.29) is 5.41 Å². The lowest BCUT2D eigenvalue weighted by molar-refractivity contribution is 0.0758. The van der Waals surface area contributed by atoms with Crippen molar-refractivity contribution in [3.05, 3.63) is 70.3 Å². The number of phenolic OH excluding ortho intramolecular Hbond substituents is 1. The normalized spacial score (nSPS) is 16.8. The maximum Gasteiger partial charge on any atom is 0.118 e. The van der Waals surface area contributed by atoms with Gasteiger partial charge in [-0.25, -0.2) is 0 Å². The van der Waals surface area contributed by atoms with Crippen molar-refractivity contribution in [2.45, 2.75) is 88.6 Å². The molecule has 0 fully saturated rings. The first-order valence-corrected chi connectivity index (χ1v) is 12.8. The van der Waals surface area contributed by atoms with Crippen LogP contribution < -0.4 is 0 Å². The summed E-state index contributed by atoms with van der Waals surface area (Å²) in [5.74, 6) is 0.345. The maximum atomic E-state index is 10.9. The molecule has 0 saturated heterocycles. The lowest BCUT2D eigenvalue weighted by Crippen LogP contribution is -2.35. The molecule has 2 aromatic rings. The molecule has 0 aliphatic heterocycles. The monoisotopic (exact) mass is 534 g/mol. The van der Waals surface area contributed by atoms with Gasteiger partial charge in [0, 0.05) is 9.34 Å². The van der Waals surface area contributed by atoms with Crippen molar-refractivity contribution < 1.29 is 10.2 Å². The van der Waals surface area contributed by atoms with Gasteiger partial charge in [-0.2, -0.15) is 0 Å². The Kier molecular flexibility index (Phi) is 9.20. The summed E-state index contributed by atoms with van der Waals surface area (Å²) >= 11 is 2.54. The molecule has 0 spiro atoms. The van der Waals surface area contributed by atoms with Crippen molar-refractivity contribution in [1.82, 2.24) is 0 Å². The van der Waals surface area contributed by atoms with Crippen molar-refractivity contribution in [3.8, 4) is 5.75 Å². The van der Waals surface area contributed by atoms with E-state index in [0.717, 1.165) is 43.2 Å². The fourth-order valence-corrected chi connectivity index (χ4v) is 5.65. The number of unbranched alkanes of at least 4 members (excludes halogenated alkanes) is 1. The highest BCUT2D eigenvalue weighted by Gasteiger charge is 2.37. The second-order valence-corrected chi connectivity index (χ2v) is 10.8. The molecule has 2 aromatic carbocycles. The molecule has 2 N–H and O–H groups in total. The Balaban J connectivity index is 2.48. The summed E-state index contributed by atoms with van der Waals surface area (Å²) < 4.78 is 0.374. The van der Waals surface area contributed by atoms with Gasteiger partial charge in [0.1, 0.15) is 5.75 Å². The smallest absolute Gasteiger partial charge is 0.118 e. The average Bonchev–Trinajstić information content (AvgIpc) is 2.74. The van der Waals surface area contributed by atoms with E-state index in [0.29, 0.717) is 9.67 Å². The van der Waals surface area contributed by atoms with Crippen LogP contribution in [0.5, 0.6) is 5.75 Å². The van der Waals surface area contributed by atoms with Crippen LogP contribution in [-0.4, -0.2) is 19.7 Å². The molecule has 3 unspecified atom stereocenters. The third-order valence-electron chi connectivity index (χ3n) is 6.88. The second kappa shape index (κ2) is 11.0. The van der Waals surface area contributed by atoms with Crippen LogP contribution in [0, 0.1) is 13.8 Å². The van der Waals surface area contributed by atoms with Crippen molar-refractivity contribution in [3.63, 3.8) is 0 Å². The van der Waals surface area contributed by atoms with E-state index in [1.54, 1.807) is 0 Å². The summed E-state index contributed by atoms with van der Waals surface area (Å²) in [4.78, 5) is 0. The van der Waals surface area contributed by atoms with Gasteiger partial charge in [-0.1, -0.05) is 106 Å². The summed E-state index contributed by atoms with van der Waals surface area (Å²) in [5, 5.41) is 20.9. The summed E-state index contributed by atoms with van der Waals surface area (Å²) in [6.07, 6.45) is 8.71. The van der Waals surface area contributed by atoms with E-state index in [1.165, 1.54) is 16.7 Å². The van der Waals surface area contributed by atoms with Gasteiger partial charge in [-0.3, -0.25) is 0 Å². The molecule has 0 aliphatic carbocycles. The van der Waals surface area contributed by atoms with Gasteiger partial charge in [0.15, 0.2) is 0 Å². The third kappa shape index (κ3) is 5.73. The van der Waals surface area contributed by atoms with E-state index >= 15 is 0 Å². The van der Waals surface area contributed by atoms with Crippen LogP contribution in [0.4, 0.5) is 0 Å². The molecule has 2 nitrogen and oxygen atoms in total. The minimum absolute atomic E-state index is 0.128. The zero-order valence-corrected chi connectivity index (χ0v) is 22.2. The van der Waals surface area contributed by atoms with Gasteiger partial charge in [-0.05, 0) is 67.0 Å². The Hall–Kier alpha value is -1.33. The predicted octanol–water partition coefficient (Wildman–Crippen LogP) is 7.87. The number of phenols is 1. The minimum atomic E-state index is -0.728. The van der Waals surface area contributed by atoms with E-state index in [4.69, 9.17) is 0 Å². The second-order valence-electron chi connectivity index (χ2n) is 8.91. The molecule has 2 rings (SSSR count). The van der Waals surface area contributed by atoms with E-state index in [9.17, 15) is 10.2 Å². The molecule has 31 heavy (non-hydrogen) atoms. The minimum Gasteiger partial charge on any atom is -0.508 e. The Bertz CT molecular complexity index is 902. The van der Waals surface area contributed by atoms with Gasteiger partial charge in [0.2, 0.25) is 0 Å². The first-order chi connectivity index (χ1) is 14.6. The van der Waals surface area contributed by atoms with Gasteiger partial charge >= 0.3 is 0 Å². The Morgan fingerprint density at radius 2 is 1.58 bits per heavy atom. The van der Waals surface area contributed by atoms with Crippen LogP contribution in [0.2, 0.25) is 0 Å². The van der Waals surface area contributed by atoms with Crippen LogP contribution in [-0.2, 0) is 5.41 Å². The Labute approximate surface area is 202 Å². The molecule has 0 bridgehead atoms. The quantitative estimate of drug-likeness (QED) is 0.241. The van der Waals surface area contributed by atoms with Gasteiger partial charge < -0.3 is 10.2 Å². The number of benzene rings is 2. The molecule has 3 heteroatoms. The number of aryl methyl sites for hydroxylation is 2. The first kappa shape index (κ1) is 25.9. The number of hydrogen-bond donors (Lipinski definition) is 2. The van der Waals surface area contributed by atoms with Gasteiger partial charge in [0.05, 0.1) is 5.60 Å². The predicted molar refractivity (Wildman–Crippen MR) is 142 cm³/mol. The molecule has 3 atom stereocenters. The molecule has 0 saturated carbocycles. The molecule has 170 valence electrons. The van der Waals surface area contributed by atoms with Crippen molar-refractivity contribution >= 4 is 28.7 Å². The fraction of sp³-hybridized carbons (Fsp3) is 0.500. The highest BCUT2D eigenvalue weighted by atomic mass is 127. The zero-order chi connectivity index (χ0) is 23.2. The third-order valence-corrected chi connectivity index (χ3v) is 7.95. The van der Waals surface area contributed by atoms with Crippen LogP contribution in [0.1, 0.15) is 87.6 Å². The fourth-order valence-electron chi connectivity index (χ4n) is 4.49. The average molecular weight is 535 g/mol. The van der Waals surface area contributed by atoms with Crippen molar-refractivity contribution in [2.75, 3.05) is 0 Å². The highest BCUT2D eigenvalue weighted by Crippen LogP contribution is 2.44. The summed E-state index contributed by atoms with van der Waals surface area (Å²) in [7, 11) is 0. The highest BCUT2D eigenvalue weighted by molar-refractivity contribution is 14.1. The van der Waals surface area contributed by atoms with Gasteiger partial charge in [0.25, 0.3) is 0 Å². The van der Waals surface area contributed by atoms with Crippen molar-refractivity contribution in [2.24, 2.45) is 0 Å². The number of rotatable bonds is 10. The molecule has 0 heterocycles. The van der Waals surface area contributed by atoms with E-state index < -0.39 is 5.60 Å². The maximum absolute atomic E-state index is 10.9. The molecule has 0 amide bonds. The van der Waals surface area contributed by atoms with Crippen LogP contribution in [0.15, 0.2) is 42.5 Å². The SMILES string of the molecule is CCCCC(O)(C=Cc1ccc(C(CC)(c2ccc(O)c(C)c2)C(C)I)cc1C)CC. The number of aliphatic hydroxyl groups is 1. The standard InChI is InChI=1S/C28H39IO2/c1-7-10-16-27(31,8-2)17-15-23-11-12-24(18-20(23)4)28(9-3,22(6)29)25-13-14-26(30)21(5)19-25/h11-15,17-19,22,30-31H,7-10,16H2,1-6H3. The largest absolute Gasteiger partial charge is 0.508 e. The number of alkyl halides is 1. The lowest BCUT2D eigenvalue weighted by atomic mass is 9.69. The molecule has 0 radical (unpaired) electrons. The van der Waals surface area contributed by atoms with Crippen molar-refractivity contribution in [1.29, 1.82) is 0 Å². The molecule has 0 aromatic heterocycles. The summed E-state index contributed by atoms with van der Waals surface area (Å²) in [6, 6.07) is 12.8. The van der Waals surface area contributed by atoms with Gasteiger partial charge in [-0.15, -0.1) is 0 Å². The number of halogens is 1. The Morgan fingerprint density at radius 3 is 2.06 bits per heavy atom. The zero-order valence-electron chi connectivity index (χ0n) is 20.0. The summed E-state index contributed by atoms with van der Waals surface area (Å²) in [5.41, 5.74) is 4.97. The van der Waals surface area contributed by atoms with Crippen LogP contribution >= 0.6 is 22.6 Å². The van der Waals surface area contributed by atoms with E-state index in [2.05, 4.69) is 86.7 Å².